The Labute approximate surface area is 448 Å². The van der Waals surface area contributed by atoms with Crippen molar-refractivity contribution in [3.05, 3.63) is 12.2 Å². The lowest BCUT2D eigenvalue weighted by Crippen LogP contribution is -2.66. The fraction of sp³-hybridized carbons (Fsp3) is 0.946. The molecule has 3 aliphatic heterocycles. The largest absolute Gasteiger partial charge is 0.394 e. The Balaban J connectivity index is 1.48. The molecule has 442 valence electrons. The molecule has 3 fully saturated rings. The summed E-state index contributed by atoms with van der Waals surface area (Å²) < 4.78 is 34.2. The van der Waals surface area contributed by atoms with Crippen LogP contribution in [0.15, 0.2) is 12.2 Å². The van der Waals surface area contributed by atoms with Crippen LogP contribution in [0.1, 0.15) is 206 Å². The third-order valence-corrected chi connectivity index (χ3v) is 15.1. The van der Waals surface area contributed by atoms with E-state index in [9.17, 15) is 61.0 Å². The van der Waals surface area contributed by atoms with Crippen molar-refractivity contribution in [2.75, 3.05) is 26.4 Å². The second kappa shape index (κ2) is 40.7. The third kappa shape index (κ3) is 25.3. The average molecular weight is 1080 g/mol. The van der Waals surface area contributed by atoms with Gasteiger partial charge in [-0.2, -0.15) is 0 Å². The van der Waals surface area contributed by atoms with Gasteiger partial charge in [0, 0.05) is 6.42 Å². The van der Waals surface area contributed by atoms with Gasteiger partial charge in [0.1, 0.15) is 73.2 Å². The minimum Gasteiger partial charge on any atom is -0.394 e. The Morgan fingerprint density at radius 2 is 0.867 bits per heavy atom. The van der Waals surface area contributed by atoms with Crippen molar-refractivity contribution < 1.29 is 89.4 Å². The van der Waals surface area contributed by atoms with Crippen LogP contribution in [0.4, 0.5) is 0 Å². The number of aliphatic hydroxyl groups is 11. The predicted molar refractivity (Wildman–Crippen MR) is 282 cm³/mol. The van der Waals surface area contributed by atoms with E-state index < -0.39 is 124 Å². The topological polar surface area (TPSA) is 307 Å². The van der Waals surface area contributed by atoms with E-state index in [2.05, 4.69) is 31.3 Å². The van der Waals surface area contributed by atoms with E-state index in [1.54, 1.807) is 0 Å². The molecule has 3 saturated heterocycles. The monoisotopic (exact) mass is 1080 g/mol. The van der Waals surface area contributed by atoms with Gasteiger partial charge in [-0.3, -0.25) is 4.79 Å². The number of carbonyl (C=O) groups is 1. The fourth-order valence-corrected chi connectivity index (χ4v) is 10.2. The molecule has 12 N–H and O–H groups in total. The number of nitrogens with one attached hydrogen (secondary N) is 1. The number of rotatable bonds is 43. The van der Waals surface area contributed by atoms with Crippen molar-refractivity contribution in [3.63, 3.8) is 0 Å². The molecule has 17 unspecified atom stereocenters. The molecule has 0 saturated carbocycles. The highest BCUT2D eigenvalue weighted by Gasteiger charge is 2.53. The molecule has 3 aliphatic rings. The summed E-state index contributed by atoms with van der Waals surface area (Å²) in [6, 6.07) is -0.886. The molecule has 0 spiro atoms. The van der Waals surface area contributed by atoms with Crippen LogP contribution in [0.5, 0.6) is 0 Å². The Bertz CT molecular complexity index is 1430. The van der Waals surface area contributed by atoms with E-state index in [-0.39, 0.29) is 18.9 Å². The number of allylic oxidation sites excluding steroid dienone is 2. The minimum absolute atomic E-state index is 0.254. The first-order valence-electron chi connectivity index (χ1n) is 29.4. The molecule has 0 radical (unpaired) electrons. The molecule has 0 aromatic rings. The number of unbranched alkanes of at least 4 members (excludes halogenated alkanes) is 25. The van der Waals surface area contributed by atoms with Crippen LogP contribution in [0.2, 0.25) is 0 Å². The zero-order valence-electron chi connectivity index (χ0n) is 45.8. The van der Waals surface area contributed by atoms with E-state index in [0.29, 0.717) is 12.8 Å². The van der Waals surface area contributed by atoms with Crippen molar-refractivity contribution in [2.24, 2.45) is 0 Å². The molecule has 0 aliphatic carbocycles. The Hall–Kier alpha value is -1.47. The van der Waals surface area contributed by atoms with Crippen LogP contribution in [0.25, 0.3) is 0 Å². The maximum absolute atomic E-state index is 13.3. The zero-order valence-corrected chi connectivity index (χ0v) is 45.8. The summed E-state index contributed by atoms with van der Waals surface area (Å²) in [5.41, 5.74) is 0. The summed E-state index contributed by atoms with van der Waals surface area (Å²) in [5.74, 6) is -0.254. The van der Waals surface area contributed by atoms with Gasteiger partial charge in [-0.05, 0) is 32.1 Å². The summed E-state index contributed by atoms with van der Waals surface area (Å²) in [4.78, 5) is 13.3. The number of hydrogen-bond acceptors (Lipinski definition) is 18. The number of aliphatic hydroxyl groups excluding tert-OH is 11. The predicted octanol–water partition coefficient (Wildman–Crippen LogP) is 4.60. The Morgan fingerprint density at radius 3 is 1.35 bits per heavy atom. The van der Waals surface area contributed by atoms with Crippen molar-refractivity contribution in [1.29, 1.82) is 0 Å². The summed E-state index contributed by atoms with van der Waals surface area (Å²) >= 11 is 0. The summed E-state index contributed by atoms with van der Waals surface area (Å²) in [6.45, 7) is 1.71. The highest BCUT2D eigenvalue weighted by atomic mass is 16.8. The number of ether oxygens (including phenoxy) is 6. The van der Waals surface area contributed by atoms with E-state index in [1.165, 1.54) is 103 Å². The van der Waals surface area contributed by atoms with Crippen molar-refractivity contribution in [3.8, 4) is 0 Å². The minimum atomic E-state index is -1.97. The van der Waals surface area contributed by atoms with Gasteiger partial charge in [-0.15, -0.1) is 0 Å². The lowest BCUT2D eigenvalue weighted by Gasteiger charge is -2.48. The van der Waals surface area contributed by atoms with Crippen LogP contribution in [0, 0.1) is 0 Å². The SMILES string of the molecule is CCC/C=C\CCCCCCCC(=O)NC(COC1OC(CO)C(OC2OC(CO)C(OC3OC(CO)C(O)C(O)C3O)C(O)C2O)C(O)C1O)C(O)CCCCCCCCCCCCCCCCCCCCCC. The first-order chi connectivity index (χ1) is 36.3. The highest BCUT2D eigenvalue weighted by Crippen LogP contribution is 2.33. The molecule has 17 atom stereocenters. The molecule has 0 bridgehead atoms. The van der Waals surface area contributed by atoms with Gasteiger partial charge in [-0.25, -0.2) is 0 Å². The quantitative estimate of drug-likeness (QED) is 0.0293. The molecule has 19 nitrogen and oxygen atoms in total. The van der Waals surface area contributed by atoms with E-state index in [0.717, 1.165) is 70.6 Å². The maximum Gasteiger partial charge on any atom is 0.220 e. The van der Waals surface area contributed by atoms with Crippen molar-refractivity contribution >= 4 is 5.91 Å². The molecule has 19 heteroatoms. The molecule has 75 heavy (non-hydrogen) atoms. The summed E-state index contributed by atoms with van der Waals surface area (Å²) in [7, 11) is 0. The average Bonchev–Trinajstić information content (AvgIpc) is 3.41. The van der Waals surface area contributed by atoms with E-state index in [1.807, 2.05) is 0 Å². The first kappa shape index (κ1) is 67.8. The Kier molecular flexibility index (Phi) is 36.8. The molecule has 0 aromatic carbocycles. The van der Waals surface area contributed by atoms with Crippen LogP contribution in [0.3, 0.4) is 0 Å². The zero-order chi connectivity index (χ0) is 54.8. The third-order valence-electron chi connectivity index (χ3n) is 15.1. The van der Waals surface area contributed by atoms with Gasteiger partial charge in [0.2, 0.25) is 5.91 Å². The first-order valence-corrected chi connectivity index (χ1v) is 29.4. The number of carbonyl (C=O) groups excluding carboxylic acids is 1. The lowest BCUT2D eigenvalue weighted by molar-refractivity contribution is -0.379. The summed E-state index contributed by atoms with van der Waals surface area (Å²) in [6.07, 6.45) is 11.7. The molecule has 3 rings (SSSR count). The van der Waals surface area contributed by atoms with Gasteiger partial charge in [-0.1, -0.05) is 180 Å². The number of amides is 1. The van der Waals surface area contributed by atoms with Crippen LogP contribution in [-0.4, -0.2) is 193 Å². The van der Waals surface area contributed by atoms with Crippen molar-refractivity contribution in [1.82, 2.24) is 5.32 Å². The second-order valence-electron chi connectivity index (χ2n) is 21.5. The summed E-state index contributed by atoms with van der Waals surface area (Å²) in [5, 5.41) is 120. The van der Waals surface area contributed by atoms with E-state index in [4.69, 9.17) is 28.4 Å². The van der Waals surface area contributed by atoms with E-state index >= 15 is 0 Å². The van der Waals surface area contributed by atoms with Gasteiger partial charge in [0.25, 0.3) is 0 Å². The lowest BCUT2D eigenvalue weighted by atomic mass is 9.96. The molecular weight excluding hydrogens is 975 g/mol. The number of hydrogen-bond donors (Lipinski definition) is 12. The second-order valence-corrected chi connectivity index (χ2v) is 21.5. The molecule has 1 amide bonds. The van der Waals surface area contributed by atoms with Crippen LogP contribution < -0.4 is 5.32 Å². The maximum atomic E-state index is 13.3. The van der Waals surface area contributed by atoms with Crippen LogP contribution in [-0.2, 0) is 33.2 Å². The normalized spacial score (nSPS) is 31.2. The smallest absolute Gasteiger partial charge is 0.220 e. The van der Waals surface area contributed by atoms with Crippen LogP contribution >= 0.6 is 0 Å². The van der Waals surface area contributed by atoms with Gasteiger partial charge in [0.15, 0.2) is 18.9 Å². The van der Waals surface area contributed by atoms with Gasteiger partial charge < -0.3 is 89.9 Å². The molecule has 3 heterocycles. The van der Waals surface area contributed by atoms with Crippen molar-refractivity contribution in [2.45, 2.75) is 311 Å². The molecule has 0 aromatic heterocycles. The molecular formula is C56H105NO18. The Morgan fingerprint density at radius 1 is 0.467 bits per heavy atom. The fourth-order valence-electron chi connectivity index (χ4n) is 10.2. The highest BCUT2D eigenvalue weighted by molar-refractivity contribution is 5.76. The van der Waals surface area contributed by atoms with Gasteiger partial charge >= 0.3 is 0 Å². The van der Waals surface area contributed by atoms with Gasteiger partial charge in [0.05, 0.1) is 38.6 Å². The standard InChI is InChI=1S/C56H105NO18/c1-3-5-7-9-11-13-15-16-17-18-19-20-21-22-23-24-25-27-29-31-33-40(61)39(57-44(62)34-32-30-28-26-14-12-10-8-6-4-2)38-70-54-50(68)47(65)52(42(36-59)72-54)75-56-51(69)48(66)53(43(37-60)73-56)74-55-49(67)46(64)45(63)41(35-58)71-55/h8,10,39-43,45-56,58-61,63-69H,3-7,9,11-38H2,1-2H3,(H,57,62)/b10-8-.